The summed E-state index contributed by atoms with van der Waals surface area (Å²) in [6.07, 6.45) is 2.78. The van der Waals surface area contributed by atoms with Crippen LogP contribution in [0.25, 0.3) is 0 Å². The molecule has 1 atom stereocenters. The molecule has 0 saturated heterocycles. The molecule has 0 aliphatic heterocycles. The van der Waals surface area contributed by atoms with Crippen LogP contribution in [0.2, 0.25) is 0 Å². The maximum Gasteiger partial charge on any atom is 0.243 e. The summed E-state index contributed by atoms with van der Waals surface area (Å²) in [6.45, 7) is 8.82. The lowest BCUT2D eigenvalue weighted by molar-refractivity contribution is -0.141. The van der Waals surface area contributed by atoms with Gasteiger partial charge in [0.05, 0.1) is 11.9 Å². The molecule has 1 N–H and O–H groups in total. The van der Waals surface area contributed by atoms with Crippen molar-refractivity contribution in [2.75, 3.05) is 23.7 Å². The number of anilines is 1. The molecule has 8 heteroatoms. The molecule has 3 aromatic carbocycles. The summed E-state index contributed by atoms with van der Waals surface area (Å²) >= 11 is 0. The summed E-state index contributed by atoms with van der Waals surface area (Å²) in [5.41, 5.74) is 5.50. The number of rotatable bonds is 14. The van der Waals surface area contributed by atoms with Crippen LogP contribution in [0.4, 0.5) is 5.69 Å². The van der Waals surface area contributed by atoms with Crippen molar-refractivity contribution in [3.8, 4) is 0 Å². The summed E-state index contributed by atoms with van der Waals surface area (Å²) < 4.78 is 26.8. The van der Waals surface area contributed by atoms with Crippen LogP contribution < -0.4 is 9.62 Å². The van der Waals surface area contributed by atoms with Gasteiger partial charge in [-0.1, -0.05) is 73.2 Å². The Morgan fingerprint density at radius 1 is 0.854 bits per heavy atom. The monoisotopic (exact) mass is 577 g/mol. The van der Waals surface area contributed by atoms with Gasteiger partial charge in [0.2, 0.25) is 21.8 Å². The van der Waals surface area contributed by atoms with E-state index in [1.54, 1.807) is 4.90 Å². The van der Waals surface area contributed by atoms with Gasteiger partial charge in [0.25, 0.3) is 0 Å². The number of hydrogen-bond acceptors (Lipinski definition) is 4. The Bertz CT molecular complexity index is 1400. The molecule has 0 unspecified atom stereocenters. The van der Waals surface area contributed by atoms with Crippen molar-refractivity contribution in [2.24, 2.45) is 0 Å². The molecule has 0 heterocycles. The van der Waals surface area contributed by atoms with Gasteiger partial charge in [0, 0.05) is 32.5 Å². The molecule has 0 radical (unpaired) electrons. The van der Waals surface area contributed by atoms with Crippen molar-refractivity contribution in [1.82, 2.24) is 10.2 Å². The first-order valence-corrected chi connectivity index (χ1v) is 16.1. The van der Waals surface area contributed by atoms with Gasteiger partial charge in [-0.25, -0.2) is 8.42 Å². The van der Waals surface area contributed by atoms with E-state index in [4.69, 9.17) is 0 Å². The number of carbonyl (C=O) groups excluding carboxylic acids is 2. The Morgan fingerprint density at radius 2 is 1.51 bits per heavy atom. The molecule has 220 valence electrons. The largest absolute Gasteiger partial charge is 0.354 e. The summed E-state index contributed by atoms with van der Waals surface area (Å²) in [5.74, 6) is -0.377. The van der Waals surface area contributed by atoms with Gasteiger partial charge in [0.15, 0.2) is 0 Å². The Balaban J connectivity index is 1.88. The molecule has 0 spiro atoms. The van der Waals surface area contributed by atoms with E-state index in [1.165, 1.54) is 10.6 Å². The molecule has 3 rings (SSSR count). The molecule has 0 bridgehead atoms. The lowest BCUT2D eigenvalue weighted by Gasteiger charge is -2.32. The van der Waals surface area contributed by atoms with Gasteiger partial charge < -0.3 is 10.2 Å². The average Bonchev–Trinajstić information content (AvgIpc) is 2.91. The van der Waals surface area contributed by atoms with Gasteiger partial charge in [-0.15, -0.1) is 0 Å². The van der Waals surface area contributed by atoms with Crippen molar-refractivity contribution in [1.29, 1.82) is 0 Å². The van der Waals surface area contributed by atoms with Gasteiger partial charge >= 0.3 is 0 Å². The van der Waals surface area contributed by atoms with Crippen molar-refractivity contribution >= 4 is 27.5 Å². The summed E-state index contributed by atoms with van der Waals surface area (Å²) in [5, 5.41) is 2.99. The zero-order valence-electron chi connectivity index (χ0n) is 24.9. The van der Waals surface area contributed by atoms with Crippen LogP contribution >= 0.6 is 0 Å². The first-order valence-electron chi connectivity index (χ1n) is 14.2. The Kier molecular flexibility index (Phi) is 11.5. The van der Waals surface area contributed by atoms with Gasteiger partial charge in [0.1, 0.15) is 6.04 Å². The highest BCUT2D eigenvalue weighted by Gasteiger charge is 2.30. The van der Waals surface area contributed by atoms with Gasteiger partial charge in [-0.3, -0.25) is 13.9 Å². The molecule has 0 aliphatic carbocycles. The molecule has 0 saturated carbocycles. The van der Waals surface area contributed by atoms with E-state index < -0.39 is 16.1 Å². The average molecular weight is 578 g/mol. The summed E-state index contributed by atoms with van der Waals surface area (Å²) in [6, 6.07) is 22.6. The van der Waals surface area contributed by atoms with E-state index in [0.29, 0.717) is 25.1 Å². The van der Waals surface area contributed by atoms with Gasteiger partial charge in [-0.05, 0) is 68.0 Å². The topological polar surface area (TPSA) is 86.8 Å². The Morgan fingerprint density at radius 3 is 2.12 bits per heavy atom. The van der Waals surface area contributed by atoms with Gasteiger partial charge in [-0.2, -0.15) is 0 Å². The zero-order valence-corrected chi connectivity index (χ0v) is 25.7. The number of benzene rings is 3. The normalized spacial score (nSPS) is 12.0. The SMILES string of the molecule is CCCNC(=O)[C@H](Cc1ccccc1)N(Cc1cccc(C)c1)C(=O)CCCN(c1cc(C)cc(C)c1)S(C)(=O)=O. The number of nitrogens with zero attached hydrogens (tertiary/aromatic N) is 2. The summed E-state index contributed by atoms with van der Waals surface area (Å²) in [7, 11) is -3.56. The van der Waals surface area contributed by atoms with E-state index in [0.717, 1.165) is 34.2 Å². The van der Waals surface area contributed by atoms with E-state index in [1.807, 2.05) is 100 Å². The van der Waals surface area contributed by atoms with Crippen LogP contribution in [0.5, 0.6) is 0 Å². The highest BCUT2D eigenvalue weighted by Crippen LogP contribution is 2.23. The molecule has 7 nitrogen and oxygen atoms in total. The van der Waals surface area contributed by atoms with Crippen LogP contribution in [0.1, 0.15) is 54.0 Å². The fourth-order valence-corrected chi connectivity index (χ4v) is 5.97. The fourth-order valence-electron chi connectivity index (χ4n) is 5.03. The van der Waals surface area contributed by atoms with Crippen LogP contribution in [-0.2, 0) is 32.6 Å². The lowest BCUT2D eigenvalue weighted by Crippen LogP contribution is -2.50. The minimum atomic E-state index is -3.56. The third kappa shape index (κ3) is 9.74. The number of hydrogen-bond donors (Lipinski definition) is 1. The molecule has 41 heavy (non-hydrogen) atoms. The van der Waals surface area contributed by atoms with Crippen LogP contribution in [-0.4, -0.2) is 50.5 Å². The van der Waals surface area contributed by atoms with Crippen LogP contribution in [0.15, 0.2) is 72.8 Å². The first-order chi connectivity index (χ1) is 19.5. The van der Waals surface area contributed by atoms with E-state index >= 15 is 0 Å². The molecular formula is C33H43N3O4S. The van der Waals surface area contributed by atoms with Crippen molar-refractivity contribution < 1.29 is 18.0 Å². The maximum absolute atomic E-state index is 13.9. The first kappa shape index (κ1) is 31.9. The molecule has 3 aromatic rings. The quantitative estimate of drug-likeness (QED) is 0.281. The molecule has 2 amide bonds. The number of amides is 2. The van der Waals surface area contributed by atoms with Crippen LogP contribution in [0, 0.1) is 20.8 Å². The highest BCUT2D eigenvalue weighted by molar-refractivity contribution is 7.92. The zero-order chi connectivity index (χ0) is 30.0. The smallest absolute Gasteiger partial charge is 0.243 e. The minimum absolute atomic E-state index is 0.106. The van der Waals surface area contributed by atoms with Crippen molar-refractivity contribution in [3.63, 3.8) is 0 Å². The van der Waals surface area contributed by atoms with Crippen molar-refractivity contribution in [2.45, 2.75) is 66.0 Å². The second-order valence-corrected chi connectivity index (χ2v) is 12.7. The minimum Gasteiger partial charge on any atom is -0.354 e. The van der Waals surface area contributed by atoms with E-state index in [9.17, 15) is 18.0 Å². The van der Waals surface area contributed by atoms with E-state index in [2.05, 4.69) is 5.32 Å². The number of aryl methyl sites for hydroxylation is 3. The maximum atomic E-state index is 13.9. The van der Waals surface area contributed by atoms with Crippen LogP contribution in [0.3, 0.4) is 0 Å². The Labute approximate surface area is 245 Å². The molecular weight excluding hydrogens is 534 g/mol. The predicted molar refractivity (Wildman–Crippen MR) is 166 cm³/mol. The molecule has 0 aromatic heterocycles. The second-order valence-electron chi connectivity index (χ2n) is 10.8. The standard InChI is InChI=1S/C33H43N3O4S/c1-6-17-34-33(38)31(23-28-13-8-7-9-14-28)35(24-29-15-10-12-25(2)20-29)32(37)16-11-18-36(41(5,39)40)30-21-26(3)19-27(4)22-30/h7-10,12-15,19-22,31H,6,11,16-18,23-24H2,1-5H3,(H,34,38)/t31-/m0/s1. The second kappa shape index (κ2) is 14.8. The lowest BCUT2D eigenvalue weighted by atomic mass is 10.0. The third-order valence-corrected chi connectivity index (χ3v) is 8.10. The Hall–Kier alpha value is -3.65. The predicted octanol–water partition coefficient (Wildman–Crippen LogP) is 5.32. The fraction of sp³-hybridized carbons (Fsp3) is 0.394. The van der Waals surface area contributed by atoms with E-state index in [-0.39, 0.29) is 31.3 Å². The number of carbonyl (C=O) groups is 2. The highest BCUT2D eigenvalue weighted by atomic mass is 32.2. The molecule has 0 fully saturated rings. The third-order valence-electron chi connectivity index (χ3n) is 6.90. The summed E-state index contributed by atoms with van der Waals surface area (Å²) in [4.78, 5) is 29.0. The number of nitrogens with one attached hydrogen (secondary N) is 1. The molecule has 0 aliphatic rings. The van der Waals surface area contributed by atoms with Crippen molar-refractivity contribution in [3.05, 3.63) is 101 Å². The number of sulfonamides is 1.